The summed E-state index contributed by atoms with van der Waals surface area (Å²) in [5, 5.41) is 19.9. The molecule has 25 heteroatoms. The number of ether oxygens (including phenoxy) is 22. The number of carbonyl (C=O) groups is 1. The van der Waals surface area contributed by atoms with E-state index in [0.717, 1.165) is 33.4 Å². The first-order chi connectivity index (χ1) is 54.3. The fourth-order valence-corrected chi connectivity index (χ4v) is 16.2. The van der Waals surface area contributed by atoms with Gasteiger partial charge in [-0.2, -0.15) is 0 Å². The smallest absolute Gasteiger partial charge is 0.303 e. The summed E-state index contributed by atoms with van der Waals surface area (Å²) in [4.78, 5) is 13.4. The van der Waals surface area contributed by atoms with E-state index in [9.17, 15) is 9.90 Å². The Labute approximate surface area is 655 Å². The SMILES string of the molecule is CC(=N)O[C@H]1OC(CO)[C@H](OC(C)=O)C(O[C@@H]2OC(C)[C@H](C)[C@@H]3OC(C)(C)OC23)[C@H]1O[C@@H]1OC(C)[C@H](O[C@@H]2OC[C@@H](C)C(O[C@@H]3OC[C@@]4(COCc5ccccc5)O[C@@H](c5ccccc5)OC34)[C@H]2OCc2ccccc2)C(O[C@@H]2OC(COCc3ccccc3)[C@@H](OCc3ccccc3)C(OCc3ccccc3)[C@H]2C)[C@@H]1C. The Morgan fingerprint density at radius 3 is 1.52 bits per heavy atom. The van der Waals surface area contributed by atoms with Crippen LogP contribution in [0, 0.1) is 29.1 Å². The number of benzene rings is 6. The summed E-state index contributed by atoms with van der Waals surface area (Å²) >= 11 is 0. The maximum atomic E-state index is 13.4. The molecule has 8 aliphatic rings. The van der Waals surface area contributed by atoms with Gasteiger partial charge in [-0.3, -0.25) is 10.2 Å². The lowest BCUT2D eigenvalue weighted by molar-refractivity contribution is -0.396. The van der Waals surface area contributed by atoms with E-state index in [-0.39, 0.29) is 70.6 Å². The van der Waals surface area contributed by atoms with Crippen molar-refractivity contribution in [1.82, 2.24) is 0 Å². The Morgan fingerprint density at radius 2 is 0.929 bits per heavy atom. The second kappa shape index (κ2) is 37.6. The van der Waals surface area contributed by atoms with Crippen LogP contribution >= 0.6 is 0 Å². The number of fused-ring (bicyclic) bond motifs is 2. The first kappa shape index (κ1) is 82.0. The average molecular weight is 1550 g/mol. The number of carbonyl (C=O) groups excluding carboxylic acids is 1. The molecule has 112 heavy (non-hydrogen) atoms. The number of esters is 1. The molecule has 0 spiro atoms. The molecule has 8 heterocycles. The third-order valence-electron chi connectivity index (χ3n) is 22.2. The van der Waals surface area contributed by atoms with Gasteiger partial charge in [0.2, 0.25) is 6.29 Å². The van der Waals surface area contributed by atoms with Gasteiger partial charge in [-0.05, 0) is 55.5 Å². The summed E-state index contributed by atoms with van der Waals surface area (Å²) < 4.78 is 152. The maximum Gasteiger partial charge on any atom is 0.303 e. The normalized spacial score (nSPS) is 37.0. The third kappa shape index (κ3) is 19.6. The highest BCUT2D eigenvalue weighted by atomic mass is 16.8. The predicted octanol–water partition coefficient (Wildman–Crippen LogP) is 11.6. The molecule has 14 rings (SSSR count). The zero-order valence-corrected chi connectivity index (χ0v) is 65.3. The maximum absolute atomic E-state index is 13.4. The number of hydrogen-bond acceptors (Lipinski definition) is 25. The Morgan fingerprint density at radius 1 is 0.438 bits per heavy atom. The van der Waals surface area contributed by atoms with Crippen LogP contribution in [0.5, 0.6) is 0 Å². The van der Waals surface area contributed by atoms with Gasteiger partial charge in [0.15, 0.2) is 61.6 Å². The van der Waals surface area contributed by atoms with Crippen LogP contribution in [0.1, 0.15) is 109 Å². The van der Waals surface area contributed by atoms with Crippen molar-refractivity contribution in [3.8, 4) is 0 Å². The highest BCUT2D eigenvalue weighted by Crippen LogP contribution is 2.49. The van der Waals surface area contributed by atoms with E-state index in [1.165, 1.54) is 13.8 Å². The summed E-state index contributed by atoms with van der Waals surface area (Å²) in [5.74, 6) is -3.89. The molecule has 28 atom stereocenters. The number of aliphatic hydroxyl groups is 1. The van der Waals surface area contributed by atoms with E-state index in [1.54, 1.807) is 0 Å². The van der Waals surface area contributed by atoms with Crippen molar-refractivity contribution in [3.05, 3.63) is 215 Å². The molecule has 606 valence electrons. The van der Waals surface area contributed by atoms with Gasteiger partial charge in [0.1, 0.15) is 54.4 Å². The fraction of sp³-hybridized carbons (Fsp3) is 0.563. The van der Waals surface area contributed by atoms with Crippen LogP contribution in [-0.2, 0) is 142 Å². The van der Waals surface area contributed by atoms with E-state index in [4.69, 9.17) is 110 Å². The molecular formula is C87H109NO24. The quantitative estimate of drug-likeness (QED) is 0.0233. The van der Waals surface area contributed by atoms with Crippen LogP contribution < -0.4 is 0 Å². The van der Waals surface area contributed by atoms with E-state index < -0.39 is 177 Å². The van der Waals surface area contributed by atoms with Crippen LogP contribution in [-0.4, -0.2) is 197 Å². The zero-order valence-electron chi connectivity index (χ0n) is 65.3. The number of hydrogen-bond donors (Lipinski definition) is 2. The van der Waals surface area contributed by atoms with Crippen LogP contribution in [0.25, 0.3) is 0 Å². The van der Waals surface area contributed by atoms with Crippen LogP contribution in [0.2, 0.25) is 0 Å². The molecule has 8 fully saturated rings. The third-order valence-corrected chi connectivity index (χ3v) is 22.2. The number of aliphatic hydroxyl groups excluding tert-OH is 1. The second-order valence-corrected chi connectivity index (χ2v) is 31.2. The van der Waals surface area contributed by atoms with E-state index in [0.29, 0.717) is 6.61 Å². The number of rotatable bonds is 31. The van der Waals surface area contributed by atoms with Crippen molar-refractivity contribution in [2.45, 2.75) is 255 Å². The summed E-state index contributed by atoms with van der Waals surface area (Å²) in [6.45, 7) is 19.1. The molecule has 0 aliphatic carbocycles. The van der Waals surface area contributed by atoms with Crippen molar-refractivity contribution in [3.63, 3.8) is 0 Å². The predicted molar refractivity (Wildman–Crippen MR) is 403 cm³/mol. The lowest BCUT2D eigenvalue weighted by atomic mass is 9.89. The van der Waals surface area contributed by atoms with Crippen molar-refractivity contribution >= 4 is 11.9 Å². The van der Waals surface area contributed by atoms with Crippen LogP contribution in [0.4, 0.5) is 0 Å². The van der Waals surface area contributed by atoms with E-state index in [2.05, 4.69) is 0 Å². The Hall–Kier alpha value is -6.58. The summed E-state index contributed by atoms with van der Waals surface area (Å²) in [5.41, 5.74) is 4.50. The van der Waals surface area contributed by atoms with Gasteiger partial charge < -0.3 is 109 Å². The van der Waals surface area contributed by atoms with Gasteiger partial charge in [0.05, 0.1) is 103 Å². The molecule has 0 saturated carbocycles. The van der Waals surface area contributed by atoms with Gasteiger partial charge in [-0.25, -0.2) is 0 Å². The highest BCUT2D eigenvalue weighted by Gasteiger charge is 2.63. The number of nitrogens with one attached hydrogen (secondary N) is 1. The monoisotopic (exact) mass is 1550 g/mol. The molecule has 10 unspecified atom stereocenters. The lowest BCUT2D eigenvalue weighted by Gasteiger charge is -2.52. The molecule has 6 aromatic carbocycles. The van der Waals surface area contributed by atoms with Crippen molar-refractivity contribution in [2.24, 2.45) is 23.7 Å². The summed E-state index contributed by atoms with van der Waals surface area (Å²) in [6, 6.07) is 59.4. The zero-order chi connectivity index (χ0) is 78.0. The second-order valence-electron chi connectivity index (χ2n) is 31.2. The molecule has 8 saturated heterocycles. The average Bonchev–Trinajstić information content (AvgIpc) is 1.49. The molecular weight excluding hydrogens is 1440 g/mol. The minimum atomic E-state index is -1.49. The van der Waals surface area contributed by atoms with Gasteiger partial charge in [0.25, 0.3) is 0 Å². The standard InChI is InChI=1S/C87H109NO24/c1-51-42-96-82(75(95-47-63-37-25-15-26-38-63)67(51)104-85-78-87(50-97-85,49-92-44-60-31-19-12-20-32-60)112-81(109-78)64-39-27-16-28-40-64)106-71-56(6)99-79(108-76-74(73(101-58(8)90)65(41-89)102-83(76)100-57(7)88)107-84-77-70(52(2)55(5)98-84)110-86(9,10)111-77)54(4)69(71)105-80-53(3)68(93-45-61-33-21-13-22-34-61)72(94-46-62-35-23-14-24-36-62)66(103-80)48-91-43-59-29-17-11-18-30-59/h11-40,51-56,65-85,88-89H,41-50H2,1-10H3/t51-,52+,53-,54+,55?,56?,65?,66?,67?,68?,69?,70+,71+,72-,73+,74?,75-,76-,77?,78?,79+,80+,81+,82+,83+,84+,85+,87-/m1/s1. The minimum Gasteiger partial charge on any atom is -0.457 e. The van der Waals surface area contributed by atoms with E-state index in [1.807, 2.05) is 237 Å². The van der Waals surface area contributed by atoms with Crippen LogP contribution in [0.15, 0.2) is 182 Å². The molecule has 0 aromatic heterocycles. The van der Waals surface area contributed by atoms with Gasteiger partial charge in [-0.15, -0.1) is 0 Å². The fourth-order valence-electron chi connectivity index (χ4n) is 16.2. The molecule has 2 N–H and O–H groups in total. The first-order valence-electron chi connectivity index (χ1n) is 39.3. The molecule has 8 aliphatic heterocycles. The van der Waals surface area contributed by atoms with Crippen LogP contribution in [0.3, 0.4) is 0 Å². The lowest BCUT2D eigenvalue weighted by Crippen LogP contribution is -2.67. The summed E-state index contributed by atoms with van der Waals surface area (Å²) in [6.07, 6.45) is -22.8. The molecule has 6 aromatic rings. The largest absolute Gasteiger partial charge is 0.457 e. The van der Waals surface area contributed by atoms with Gasteiger partial charge >= 0.3 is 5.97 Å². The molecule has 0 radical (unpaired) electrons. The van der Waals surface area contributed by atoms with Crippen molar-refractivity contribution in [1.29, 1.82) is 5.41 Å². The Bertz CT molecular complexity index is 3880. The minimum absolute atomic E-state index is 0.0683. The Kier molecular flexibility index (Phi) is 27.5. The molecule has 0 amide bonds. The highest BCUT2D eigenvalue weighted by molar-refractivity contribution is 5.69. The van der Waals surface area contributed by atoms with E-state index >= 15 is 0 Å². The first-order valence-corrected chi connectivity index (χ1v) is 39.3. The van der Waals surface area contributed by atoms with Crippen molar-refractivity contribution < 1.29 is 114 Å². The Balaban J connectivity index is 0.825. The van der Waals surface area contributed by atoms with Gasteiger partial charge in [0, 0.05) is 43.1 Å². The van der Waals surface area contributed by atoms with Crippen molar-refractivity contribution in [2.75, 3.05) is 33.0 Å². The molecule has 0 bridgehead atoms. The molecule has 25 nitrogen and oxygen atoms in total. The summed E-state index contributed by atoms with van der Waals surface area (Å²) in [7, 11) is 0. The topological polar surface area (TPSA) is 264 Å². The van der Waals surface area contributed by atoms with Gasteiger partial charge in [-0.1, -0.05) is 210 Å².